The van der Waals surface area contributed by atoms with E-state index in [1.807, 2.05) is 12.1 Å². The second kappa shape index (κ2) is 6.74. The van der Waals surface area contributed by atoms with Crippen molar-refractivity contribution in [2.45, 2.75) is 26.3 Å². The zero-order chi connectivity index (χ0) is 14.5. The first-order valence-corrected chi connectivity index (χ1v) is 7.45. The highest BCUT2D eigenvalue weighted by Gasteiger charge is 2.13. The fourth-order valence-corrected chi connectivity index (χ4v) is 2.62. The van der Waals surface area contributed by atoms with E-state index in [0.717, 1.165) is 43.0 Å². The van der Waals surface area contributed by atoms with Crippen LogP contribution in [0.1, 0.15) is 25.2 Å². The van der Waals surface area contributed by atoms with Crippen molar-refractivity contribution >= 4 is 22.6 Å². The molecule has 1 heterocycles. The Bertz CT molecular complexity index is 623. The van der Waals surface area contributed by atoms with Crippen LogP contribution in [-0.2, 0) is 12.4 Å². The Balaban J connectivity index is 2.39. The van der Waals surface area contributed by atoms with Crippen molar-refractivity contribution < 1.29 is 0 Å². The Morgan fingerprint density at radius 1 is 1.35 bits per heavy atom. The van der Waals surface area contributed by atoms with Gasteiger partial charge in [0.05, 0.1) is 17.0 Å². The third-order valence-corrected chi connectivity index (χ3v) is 3.87. The Kier molecular flexibility index (Phi) is 4.99. The van der Waals surface area contributed by atoms with Crippen LogP contribution < -0.4 is 0 Å². The second-order valence-corrected chi connectivity index (χ2v) is 4.89. The lowest BCUT2D eigenvalue weighted by Gasteiger charge is -2.19. The number of aromatic nitrogens is 2. The maximum atomic E-state index is 9.16. The molecule has 0 fully saturated rings. The zero-order valence-electron chi connectivity index (χ0n) is 11.9. The number of fused-ring (bicyclic) bond motifs is 1. The lowest BCUT2D eigenvalue weighted by Crippen LogP contribution is -2.27. The van der Waals surface area contributed by atoms with Gasteiger partial charge in [-0.05, 0) is 25.2 Å². The molecule has 0 aliphatic carbocycles. The van der Waals surface area contributed by atoms with Crippen molar-refractivity contribution in [3.05, 3.63) is 29.6 Å². The van der Waals surface area contributed by atoms with E-state index in [0.29, 0.717) is 11.4 Å². The molecular weight excluding hydrogens is 272 g/mol. The maximum absolute atomic E-state index is 9.16. The van der Waals surface area contributed by atoms with Gasteiger partial charge < -0.3 is 9.47 Å². The van der Waals surface area contributed by atoms with Crippen molar-refractivity contribution in [1.82, 2.24) is 14.5 Å². The molecule has 1 aromatic carbocycles. The predicted octanol–water partition coefficient (Wildman–Crippen LogP) is 2.99. The summed E-state index contributed by atoms with van der Waals surface area (Å²) in [6.45, 7) is 8.18. The van der Waals surface area contributed by atoms with Gasteiger partial charge in [-0.25, -0.2) is 4.98 Å². The van der Waals surface area contributed by atoms with Crippen molar-refractivity contribution in [2.24, 2.45) is 0 Å². The predicted molar refractivity (Wildman–Crippen MR) is 81.8 cm³/mol. The third kappa shape index (κ3) is 2.79. The molecule has 0 radical (unpaired) electrons. The van der Waals surface area contributed by atoms with Gasteiger partial charge in [-0.15, -0.1) is 11.6 Å². The van der Waals surface area contributed by atoms with E-state index in [9.17, 15) is 0 Å². The number of likely N-dealkylation sites (N-methyl/N-ethyl adjacent to an activating group) is 1. The van der Waals surface area contributed by atoms with Crippen LogP contribution in [-0.4, -0.2) is 34.1 Å². The van der Waals surface area contributed by atoms with Crippen LogP contribution in [0.15, 0.2) is 18.2 Å². The van der Waals surface area contributed by atoms with E-state index >= 15 is 0 Å². The summed E-state index contributed by atoms with van der Waals surface area (Å²) in [5, 5.41) is 9.16. The molecule has 0 aliphatic rings. The first-order chi connectivity index (χ1) is 9.74. The van der Waals surface area contributed by atoms with Crippen molar-refractivity contribution in [2.75, 3.05) is 19.6 Å². The number of nitriles is 1. The molecule has 2 aromatic rings. The largest absolute Gasteiger partial charge is 0.326 e. The Hall–Kier alpha value is -1.57. The summed E-state index contributed by atoms with van der Waals surface area (Å²) in [4.78, 5) is 6.88. The van der Waals surface area contributed by atoms with E-state index in [1.54, 1.807) is 6.07 Å². The molecule has 5 heteroatoms. The molecule has 4 nitrogen and oxygen atoms in total. The number of hydrogen-bond acceptors (Lipinski definition) is 3. The normalized spacial score (nSPS) is 11.2. The van der Waals surface area contributed by atoms with Gasteiger partial charge in [0.15, 0.2) is 0 Å². The molecule has 2 rings (SSSR count). The van der Waals surface area contributed by atoms with Crippen LogP contribution in [0.2, 0.25) is 0 Å². The summed E-state index contributed by atoms with van der Waals surface area (Å²) in [6.07, 6.45) is 0. The van der Waals surface area contributed by atoms with E-state index in [-0.39, 0.29) is 0 Å². The second-order valence-electron chi connectivity index (χ2n) is 4.63. The fraction of sp³-hybridized carbons (Fsp3) is 0.467. The Labute approximate surface area is 124 Å². The highest BCUT2D eigenvalue weighted by Crippen LogP contribution is 2.20. The quantitative estimate of drug-likeness (QED) is 0.768. The number of halogens is 1. The van der Waals surface area contributed by atoms with Crippen molar-refractivity contribution in [1.29, 1.82) is 5.26 Å². The van der Waals surface area contributed by atoms with Gasteiger partial charge >= 0.3 is 0 Å². The highest BCUT2D eigenvalue weighted by molar-refractivity contribution is 6.16. The van der Waals surface area contributed by atoms with Gasteiger partial charge in [-0.3, -0.25) is 0 Å². The lowest BCUT2D eigenvalue weighted by molar-refractivity contribution is 0.291. The monoisotopic (exact) mass is 290 g/mol. The number of para-hydroxylation sites is 1. The average Bonchev–Trinajstić information content (AvgIpc) is 2.86. The third-order valence-electron chi connectivity index (χ3n) is 3.63. The van der Waals surface area contributed by atoms with E-state index < -0.39 is 0 Å². The minimum atomic E-state index is 0.359. The molecule has 0 atom stereocenters. The molecule has 0 N–H and O–H groups in total. The van der Waals surface area contributed by atoms with Crippen LogP contribution in [0.5, 0.6) is 0 Å². The van der Waals surface area contributed by atoms with Crippen molar-refractivity contribution in [3.8, 4) is 6.07 Å². The molecule has 0 bridgehead atoms. The van der Waals surface area contributed by atoms with E-state index in [1.165, 1.54) is 0 Å². The SMILES string of the molecule is CCN(CC)CCn1c(CCl)nc2c(C#N)cccc21. The standard InChI is InChI=1S/C15H19ClN4/c1-3-19(4-2)8-9-20-13-7-5-6-12(11-17)15(13)18-14(20)10-16/h5-7H,3-4,8-10H2,1-2H3. The summed E-state index contributed by atoms with van der Waals surface area (Å²) < 4.78 is 2.13. The lowest BCUT2D eigenvalue weighted by atomic mass is 10.2. The molecular formula is C15H19ClN4. The Morgan fingerprint density at radius 2 is 2.10 bits per heavy atom. The van der Waals surface area contributed by atoms with Crippen LogP contribution in [0.4, 0.5) is 0 Å². The summed E-state index contributed by atoms with van der Waals surface area (Å²) >= 11 is 6.00. The molecule has 1 aromatic heterocycles. The van der Waals surface area contributed by atoms with Gasteiger partial charge in [0.1, 0.15) is 17.4 Å². The molecule has 0 spiro atoms. The molecule has 0 unspecified atom stereocenters. The highest BCUT2D eigenvalue weighted by atomic mass is 35.5. The topological polar surface area (TPSA) is 44.9 Å². The smallest absolute Gasteiger partial charge is 0.124 e. The minimum absolute atomic E-state index is 0.359. The van der Waals surface area contributed by atoms with Crippen LogP contribution in [0, 0.1) is 11.3 Å². The number of nitrogens with zero attached hydrogens (tertiary/aromatic N) is 4. The molecule has 0 saturated heterocycles. The van der Waals surface area contributed by atoms with Crippen LogP contribution in [0.25, 0.3) is 11.0 Å². The fourth-order valence-electron chi connectivity index (χ4n) is 2.42. The first-order valence-electron chi connectivity index (χ1n) is 6.91. The molecule has 0 aliphatic heterocycles. The molecule has 20 heavy (non-hydrogen) atoms. The first kappa shape index (κ1) is 14.8. The van der Waals surface area contributed by atoms with Gasteiger partial charge in [-0.2, -0.15) is 5.26 Å². The average molecular weight is 291 g/mol. The summed E-state index contributed by atoms with van der Waals surface area (Å²) in [5.74, 6) is 1.19. The maximum Gasteiger partial charge on any atom is 0.124 e. The van der Waals surface area contributed by atoms with Crippen LogP contribution >= 0.6 is 11.6 Å². The van der Waals surface area contributed by atoms with Gasteiger partial charge in [0.2, 0.25) is 0 Å². The molecule has 0 saturated carbocycles. The zero-order valence-corrected chi connectivity index (χ0v) is 12.7. The minimum Gasteiger partial charge on any atom is -0.326 e. The molecule has 106 valence electrons. The van der Waals surface area contributed by atoms with Crippen LogP contribution in [0.3, 0.4) is 0 Å². The van der Waals surface area contributed by atoms with Crippen molar-refractivity contribution in [3.63, 3.8) is 0 Å². The summed E-state index contributed by atoms with van der Waals surface area (Å²) in [6, 6.07) is 7.88. The number of rotatable bonds is 6. The number of imidazole rings is 1. The number of hydrogen-bond donors (Lipinski definition) is 0. The summed E-state index contributed by atoms with van der Waals surface area (Å²) in [7, 11) is 0. The van der Waals surface area contributed by atoms with Gasteiger partial charge in [0.25, 0.3) is 0 Å². The van der Waals surface area contributed by atoms with E-state index in [4.69, 9.17) is 16.9 Å². The number of benzene rings is 1. The molecule has 0 amide bonds. The number of alkyl halides is 1. The van der Waals surface area contributed by atoms with E-state index in [2.05, 4.69) is 34.4 Å². The van der Waals surface area contributed by atoms with Gasteiger partial charge in [0, 0.05) is 13.1 Å². The summed E-state index contributed by atoms with van der Waals surface area (Å²) in [5.41, 5.74) is 2.35. The van der Waals surface area contributed by atoms with Gasteiger partial charge in [-0.1, -0.05) is 19.9 Å². The Morgan fingerprint density at radius 3 is 2.70 bits per heavy atom.